The Morgan fingerprint density at radius 3 is 2.71 bits per heavy atom. The van der Waals surface area contributed by atoms with Crippen molar-refractivity contribution < 1.29 is 14.7 Å². The number of para-hydroxylation sites is 1. The molecule has 6 heteroatoms. The average Bonchev–Trinajstić information content (AvgIpc) is 3.05. The zero-order valence-electron chi connectivity index (χ0n) is 12.2. The van der Waals surface area contributed by atoms with E-state index in [0.29, 0.717) is 11.3 Å². The molecule has 1 saturated carbocycles. The first-order chi connectivity index (χ1) is 10.2. The minimum absolute atomic E-state index is 0.0325. The Morgan fingerprint density at radius 1 is 1.43 bits per heavy atom. The lowest BCUT2D eigenvalue weighted by Crippen LogP contribution is -2.44. The van der Waals surface area contributed by atoms with Gasteiger partial charge in [0.05, 0.1) is 19.2 Å². The minimum Gasteiger partial charge on any atom is -0.496 e. The van der Waals surface area contributed by atoms with Crippen LogP contribution < -0.4 is 10.5 Å². The molecule has 1 aliphatic rings. The van der Waals surface area contributed by atoms with E-state index in [1.807, 2.05) is 6.07 Å². The molecule has 3 N–H and O–H groups in total. The number of benzene rings is 1. The minimum atomic E-state index is -0.147. The van der Waals surface area contributed by atoms with E-state index < -0.39 is 0 Å². The highest BCUT2D eigenvalue weighted by atomic mass is 16.5. The van der Waals surface area contributed by atoms with Gasteiger partial charge in [-0.3, -0.25) is 4.79 Å². The Labute approximate surface area is 124 Å². The second-order valence-electron chi connectivity index (χ2n) is 5.16. The summed E-state index contributed by atoms with van der Waals surface area (Å²) in [6.45, 7) is 0.123. The van der Waals surface area contributed by atoms with Gasteiger partial charge in [0.15, 0.2) is 5.84 Å². The van der Waals surface area contributed by atoms with Crippen LogP contribution in [0.3, 0.4) is 0 Å². The zero-order valence-corrected chi connectivity index (χ0v) is 12.2. The predicted molar refractivity (Wildman–Crippen MR) is 79.7 cm³/mol. The normalized spacial score (nSPS) is 16.0. The highest BCUT2D eigenvalue weighted by molar-refractivity contribution is 5.99. The van der Waals surface area contributed by atoms with E-state index in [1.54, 1.807) is 23.1 Å². The highest BCUT2D eigenvalue weighted by Crippen LogP contribution is 2.27. The molecule has 0 unspecified atom stereocenters. The average molecular weight is 291 g/mol. The van der Waals surface area contributed by atoms with Crippen LogP contribution in [0.5, 0.6) is 5.75 Å². The van der Waals surface area contributed by atoms with E-state index in [2.05, 4.69) is 5.16 Å². The van der Waals surface area contributed by atoms with Gasteiger partial charge < -0.3 is 20.6 Å². The fourth-order valence-corrected chi connectivity index (χ4v) is 2.76. The topological polar surface area (TPSA) is 88.2 Å². The van der Waals surface area contributed by atoms with Gasteiger partial charge >= 0.3 is 0 Å². The van der Waals surface area contributed by atoms with Gasteiger partial charge in [0.2, 0.25) is 0 Å². The van der Waals surface area contributed by atoms with Crippen LogP contribution in [0.4, 0.5) is 0 Å². The Kier molecular flexibility index (Phi) is 5.03. The molecular weight excluding hydrogens is 270 g/mol. The summed E-state index contributed by atoms with van der Waals surface area (Å²) in [6, 6.07) is 7.23. The second-order valence-corrected chi connectivity index (χ2v) is 5.16. The van der Waals surface area contributed by atoms with Gasteiger partial charge in [-0.15, -0.1) is 0 Å². The van der Waals surface area contributed by atoms with Crippen molar-refractivity contribution in [3.63, 3.8) is 0 Å². The standard InChI is InChI=1S/C15H21N3O3/c1-21-13-9-5-4-8-12(13)15(19)18(10-14(16)17-20)11-6-2-3-7-11/h4-5,8-9,11,20H,2-3,6-7,10H2,1H3,(H2,16,17). The van der Waals surface area contributed by atoms with Crippen LogP contribution in [0.25, 0.3) is 0 Å². The third kappa shape index (κ3) is 3.45. The second kappa shape index (κ2) is 6.97. The number of amides is 1. The molecule has 0 radical (unpaired) electrons. The molecule has 1 aromatic rings. The van der Waals surface area contributed by atoms with Crippen molar-refractivity contribution >= 4 is 11.7 Å². The molecule has 2 rings (SSSR count). The fourth-order valence-electron chi connectivity index (χ4n) is 2.76. The number of hydrogen-bond acceptors (Lipinski definition) is 4. The maximum absolute atomic E-state index is 12.8. The van der Waals surface area contributed by atoms with Crippen molar-refractivity contribution in [1.29, 1.82) is 0 Å². The number of hydrogen-bond donors (Lipinski definition) is 2. The molecule has 0 saturated heterocycles. The third-order valence-corrected chi connectivity index (χ3v) is 3.82. The highest BCUT2D eigenvalue weighted by Gasteiger charge is 2.29. The first-order valence-electron chi connectivity index (χ1n) is 7.07. The summed E-state index contributed by atoms with van der Waals surface area (Å²) >= 11 is 0. The molecule has 1 fully saturated rings. The Hall–Kier alpha value is -2.24. The zero-order chi connectivity index (χ0) is 15.2. The molecule has 1 aromatic carbocycles. The number of oxime groups is 1. The molecule has 0 aromatic heterocycles. The van der Waals surface area contributed by atoms with Gasteiger partial charge in [-0.1, -0.05) is 30.1 Å². The van der Waals surface area contributed by atoms with Crippen molar-refractivity contribution in [3.05, 3.63) is 29.8 Å². The van der Waals surface area contributed by atoms with Crippen LogP contribution in [0, 0.1) is 0 Å². The van der Waals surface area contributed by atoms with E-state index in [-0.39, 0.29) is 24.3 Å². The number of amidine groups is 1. The number of nitrogens with zero attached hydrogens (tertiary/aromatic N) is 2. The quantitative estimate of drug-likeness (QED) is 0.375. The van der Waals surface area contributed by atoms with Crippen molar-refractivity contribution in [3.8, 4) is 5.75 Å². The van der Waals surface area contributed by atoms with E-state index in [1.165, 1.54) is 7.11 Å². The number of carbonyl (C=O) groups is 1. The van der Waals surface area contributed by atoms with Gasteiger partial charge in [0, 0.05) is 6.04 Å². The van der Waals surface area contributed by atoms with Crippen LogP contribution in [-0.4, -0.2) is 41.5 Å². The number of methoxy groups -OCH3 is 1. The summed E-state index contributed by atoms with van der Waals surface area (Å²) in [6.07, 6.45) is 4.08. The number of ether oxygens (including phenoxy) is 1. The molecule has 1 aliphatic carbocycles. The Balaban J connectivity index is 2.28. The molecule has 0 atom stereocenters. The number of nitrogens with two attached hydrogens (primary N) is 1. The van der Waals surface area contributed by atoms with E-state index in [9.17, 15) is 4.79 Å². The van der Waals surface area contributed by atoms with Crippen LogP contribution >= 0.6 is 0 Å². The lowest BCUT2D eigenvalue weighted by Gasteiger charge is -2.29. The predicted octanol–water partition coefficient (Wildman–Crippen LogP) is 1.83. The third-order valence-electron chi connectivity index (χ3n) is 3.82. The summed E-state index contributed by atoms with van der Waals surface area (Å²) in [5.41, 5.74) is 6.10. The molecule has 6 nitrogen and oxygen atoms in total. The SMILES string of the molecule is COc1ccccc1C(=O)N(CC(N)=NO)C1CCCC1. The van der Waals surface area contributed by atoms with E-state index >= 15 is 0 Å². The van der Waals surface area contributed by atoms with E-state index in [4.69, 9.17) is 15.7 Å². The Morgan fingerprint density at radius 2 is 2.10 bits per heavy atom. The van der Waals surface area contributed by atoms with Crippen molar-refractivity contribution in [1.82, 2.24) is 4.90 Å². The smallest absolute Gasteiger partial charge is 0.258 e. The number of rotatable bonds is 5. The summed E-state index contributed by atoms with van der Waals surface area (Å²) in [5, 5.41) is 11.8. The van der Waals surface area contributed by atoms with Gasteiger partial charge in [0.1, 0.15) is 5.75 Å². The summed E-state index contributed by atoms with van der Waals surface area (Å²) in [4.78, 5) is 14.5. The van der Waals surface area contributed by atoms with Gasteiger partial charge in [-0.2, -0.15) is 0 Å². The van der Waals surface area contributed by atoms with Crippen molar-refractivity contribution in [2.75, 3.05) is 13.7 Å². The molecule has 0 aliphatic heterocycles. The molecule has 0 bridgehead atoms. The maximum atomic E-state index is 12.8. The lowest BCUT2D eigenvalue weighted by atomic mass is 10.1. The van der Waals surface area contributed by atoms with Gasteiger partial charge in [-0.25, -0.2) is 0 Å². The first kappa shape index (κ1) is 15.2. The van der Waals surface area contributed by atoms with Crippen LogP contribution in [0.2, 0.25) is 0 Å². The van der Waals surface area contributed by atoms with Gasteiger partial charge in [-0.05, 0) is 25.0 Å². The molecular formula is C15H21N3O3. The molecule has 1 amide bonds. The summed E-state index contributed by atoms with van der Waals surface area (Å²) < 4.78 is 5.25. The van der Waals surface area contributed by atoms with Crippen LogP contribution in [0.1, 0.15) is 36.0 Å². The Bertz CT molecular complexity index is 525. The molecule has 114 valence electrons. The van der Waals surface area contributed by atoms with Crippen LogP contribution in [-0.2, 0) is 0 Å². The van der Waals surface area contributed by atoms with E-state index in [0.717, 1.165) is 25.7 Å². The van der Waals surface area contributed by atoms with Crippen LogP contribution in [0.15, 0.2) is 29.4 Å². The van der Waals surface area contributed by atoms with Gasteiger partial charge in [0.25, 0.3) is 5.91 Å². The first-order valence-corrected chi connectivity index (χ1v) is 7.07. The fraction of sp³-hybridized carbons (Fsp3) is 0.467. The number of carbonyl (C=O) groups excluding carboxylic acids is 1. The molecule has 0 spiro atoms. The molecule has 21 heavy (non-hydrogen) atoms. The molecule has 0 heterocycles. The van der Waals surface area contributed by atoms with Crippen molar-refractivity contribution in [2.45, 2.75) is 31.7 Å². The summed E-state index contributed by atoms with van der Waals surface area (Å²) in [5.74, 6) is 0.418. The summed E-state index contributed by atoms with van der Waals surface area (Å²) in [7, 11) is 1.54. The maximum Gasteiger partial charge on any atom is 0.258 e. The van der Waals surface area contributed by atoms with Crippen molar-refractivity contribution in [2.24, 2.45) is 10.9 Å². The largest absolute Gasteiger partial charge is 0.496 e. The monoisotopic (exact) mass is 291 g/mol. The lowest BCUT2D eigenvalue weighted by molar-refractivity contribution is 0.0709.